The molecule has 3 unspecified atom stereocenters. The molecular weight excluding hydrogens is 244 g/mol. The van der Waals surface area contributed by atoms with Crippen LogP contribution in [0.25, 0.3) is 0 Å². The molecule has 2 aliphatic rings. The van der Waals surface area contributed by atoms with Gasteiger partial charge in [0.15, 0.2) is 0 Å². The van der Waals surface area contributed by atoms with Gasteiger partial charge in [0, 0.05) is 19.2 Å². The monoisotopic (exact) mass is 268 g/mol. The van der Waals surface area contributed by atoms with E-state index in [0.29, 0.717) is 6.54 Å². The number of carbonyl (C=O) groups is 2. The number of rotatable bonds is 5. The van der Waals surface area contributed by atoms with Crippen molar-refractivity contribution in [3.63, 3.8) is 0 Å². The van der Waals surface area contributed by atoms with Crippen molar-refractivity contribution in [1.29, 1.82) is 0 Å². The van der Waals surface area contributed by atoms with E-state index in [1.807, 2.05) is 13.8 Å². The molecule has 0 aromatic heterocycles. The van der Waals surface area contributed by atoms with Gasteiger partial charge in [0.25, 0.3) is 0 Å². The fourth-order valence-corrected chi connectivity index (χ4v) is 2.70. The Morgan fingerprint density at radius 3 is 2.84 bits per heavy atom. The quantitative estimate of drug-likeness (QED) is 0.758. The molecule has 0 bridgehead atoms. The van der Waals surface area contributed by atoms with Gasteiger partial charge in [-0.3, -0.25) is 14.5 Å². The fourth-order valence-electron chi connectivity index (χ4n) is 2.70. The highest BCUT2D eigenvalue weighted by Crippen LogP contribution is 2.19. The molecule has 2 aliphatic heterocycles. The highest BCUT2D eigenvalue weighted by atomic mass is 16.5. The molecule has 5 nitrogen and oxygen atoms in total. The van der Waals surface area contributed by atoms with Crippen LogP contribution >= 0.6 is 0 Å². The zero-order valence-electron chi connectivity index (χ0n) is 11.9. The molecule has 2 amide bonds. The van der Waals surface area contributed by atoms with Crippen LogP contribution < -0.4 is 5.32 Å². The Morgan fingerprint density at radius 1 is 1.42 bits per heavy atom. The third kappa shape index (κ3) is 3.34. The summed E-state index contributed by atoms with van der Waals surface area (Å²) in [6.45, 7) is 5.38. The number of hydrogen-bond acceptors (Lipinski definition) is 4. The predicted molar refractivity (Wildman–Crippen MR) is 71.6 cm³/mol. The molecule has 2 rings (SSSR count). The second kappa shape index (κ2) is 6.48. The molecule has 0 aliphatic carbocycles. The van der Waals surface area contributed by atoms with Gasteiger partial charge in [-0.05, 0) is 32.6 Å². The summed E-state index contributed by atoms with van der Waals surface area (Å²) in [4.78, 5) is 25.5. The molecule has 0 saturated carbocycles. The van der Waals surface area contributed by atoms with Gasteiger partial charge in [-0.1, -0.05) is 6.92 Å². The Kier molecular flexibility index (Phi) is 4.93. The van der Waals surface area contributed by atoms with Gasteiger partial charge in [-0.25, -0.2) is 0 Å². The molecule has 2 saturated heterocycles. The lowest BCUT2D eigenvalue weighted by atomic mass is 10.1. The topological polar surface area (TPSA) is 58.6 Å². The van der Waals surface area contributed by atoms with Crippen molar-refractivity contribution in [2.75, 3.05) is 13.2 Å². The van der Waals surface area contributed by atoms with Gasteiger partial charge >= 0.3 is 0 Å². The first-order valence-corrected chi connectivity index (χ1v) is 7.34. The summed E-state index contributed by atoms with van der Waals surface area (Å²) in [7, 11) is 0. The number of nitrogens with one attached hydrogen (secondary N) is 1. The first-order chi connectivity index (χ1) is 9.13. The normalized spacial score (nSPS) is 29.9. The summed E-state index contributed by atoms with van der Waals surface area (Å²) < 4.78 is 5.62. The Morgan fingerprint density at radius 2 is 2.21 bits per heavy atom. The number of ether oxygens (including phenoxy) is 1. The first-order valence-electron chi connectivity index (χ1n) is 7.34. The Bertz CT molecular complexity index is 340. The molecule has 2 fully saturated rings. The van der Waals surface area contributed by atoms with E-state index in [-0.39, 0.29) is 36.4 Å². The van der Waals surface area contributed by atoms with Crippen molar-refractivity contribution in [2.45, 2.75) is 64.1 Å². The van der Waals surface area contributed by atoms with Crippen LogP contribution in [0.2, 0.25) is 0 Å². The SMILES string of the molecule is CCC(C)N1C(=O)CC(NCC2CCCCO2)C1=O. The highest BCUT2D eigenvalue weighted by Gasteiger charge is 2.40. The van der Waals surface area contributed by atoms with E-state index in [0.717, 1.165) is 25.9 Å². The number of nitrogens with zero attached hydrogens (tertiary/aromatic N) is 1. The van der Waals surface area contributed by atoms with Crippen LogP contribution in [0.15, 0.2) is 0 Å². The predicted octanol–water partition coefficient (Wildman–Crippen LogP) is 1.07. The van der Waals surface area contributed by atoms with Gasteiger partial charge in [0.1, 0.15) is 0 Å². The summed E-state index contributed by atoms with van der Waals surface area (Å²) in [6.07, 6.45) is 4.62. The number of likely N-dealkylation sites (tertiary alicyclic amines) is 1. The Hall–Kier alpha value is -0.940. The molecule has 2 heterocycles. The molecule has 0 spiro atoms. The van der Waals surface area contributed by atoms with Gasteiger partial charge in [-0.2, -0.15) is 0 Å². The minimum absolute atomic E-state index is 0.00210. The summed E-state index contributed by atoms with van der Waals surface area (Å²) in [6, 6.07) is -0.357. The largest absolute Gasteiger partial charge is 0.377 e. The molecule has 1 N–H and O–H groups in total. The molecule has 108 valence electrons. The second-order valence-electron chi connectivity index (χ2n) is 5.51. The van der Waals surface area contributed by atoms with Crippen LogP contribution in [0.4, 0.5) is 0 Å². The highest BCUT2D eigenvalue weighted by molar-refractivity contribution is 6.05. The van der Waals surface area contributed by atoms with Crippen LogP contribution in [0.5, 0.6) is 0 Å². The van der Waals surface area contributed by atoms with Crippen LogP contribution in [0, 0.1) is 0 Å². The molecule has 0 aromatic rings. The van der Waals surface area contributed by atoms with Gasteiger partial charge in [0.2, 0.25) is 11.8 Å². The van der Waals surface area contributed by atoms with Gasteiger partial charge in [-0.15, -0.1) is 0 Å². The van der Waals surface area contributed by atoms with Crippen LogP contribution in [-0.4, -0.2) is 48.1 Å². The molecule has 5 heteroatoms. The van der Waals surface area contributed by atoms with E-state index in [4.69, 9.17) is 4.74 Å². The van der Waals surface area contributed by atoms with Crippen LogP contribution in [-0.2, 0) is 14.3 Å². The zero-order chi connectivity index (χ0) is 13.8. The number of imide groups is 1. The third-order valence-corrected chi connectivity index (χ3v) is 4.08. The molecule has 3 atom stereocenters. The van der Waals surface area contributed by atoms with Crippen molar-refractivity contribution in [3.05, 3.63) is 0 Å². The standard InChI is InChI=1S/C14H24N2O3/c1-3-10(2)16-13(17)8-12(14(16)18)15-9-11-6-4-5-7-19-11/h10-12,15H,3-9H2,1-2H3. The van der Waals surface area contributed by atoms with E-state index >= 15 is 0 Å². The smallest absolute Gasteiger partial charge is 0.247 e. The van der Waals surface area contributed by atoms with Gasteiger partial charge in [0.05, 0.1) is 18.6 Å². The lowest BCUT2D eigenvalue weighted by molar-refractivity contribution is -0.141. The van der Waals surface area contributed by atoms with Gasteiger partial charge < -0.3 is 10.1 Å². The molecular formula is C14H24N2O3. The van der Waals surface area contributed by atoms with Crippen LogP contribution in [0.1, 0.15) is 46.0 Å². The average Bonchev–Trinajstić information content (AvgIpc) is 2.71. The van der Waals surface area contributed by atoms with Crippen LogP contribution in [0.3, 0.4) is 0 Å². The average molecular weight is 268 g/mol. The third-order valence-electron chi connectivity index (χ3n) is 4.08. The maximum Gasteiger partial charge on any atom is 0.247 e. The van der Waals surface area contributed by atoms with E-state index in [2.05, 4.69) is 5.32 Å². The maximum absolute atomic E-state index is 12.2. The second-order valence-corrected chi connectivity index (χ2v) is 5.51. The Labute approximate surface area is 114 Å². The fraction of sp³-hybridized carbons (Fsp3) is 0.857. The van der Waals surface area contributed by atoms with Crippen molar-refractivity contribution in [1.82, 2.24) is 10.2 Å². The van der Waals surface area contributed by atoms with E-state index < -0.39 is 0 Å². The van der Waals surface area contributed by atoms with E-state index in [1.165, 1.54) is 11.3 Å². The maximum atomic E-state index is 12.2. The summed E-state index contributed by atoms with van der Waals surface area (Å²) in [5, 5.41) is 3.20. The Balaban J connectivity index is 1.84. The lowest BCUT2D eigenvalue weighted by Gasteiger charge is -2.25. The van der Waals surface area contributed by atoms with E-state index in [9.17, 15) is 9.59 Å². The van der Waals surface area contributed by atoms with Crippen molar-refractivity contribution in [3.8, 4) is 0 Å². The number of amides is 2. The van der Waals surface area contributed by atoms with E-state index in [1.54, 1.807) is 0 Å². The summed E-state index contributed by atoms with van der Waals surface area (Å²) >= 11 is 0. The van der Waals surface area contributed by atoms with Crippen molar-refractivity contribution < 1.29 is 14.3 Å². The minimum atomic E-state index is -0.355. The molecule has 19 heavy (non-hydrogen) atoms. The molecule has 0 aromatic carbocycles. The van der Waals surface area contributed by atoms with Crippen molar-refractivity contribution in [2.24, 2.45) is 0 Å². The summed E-state index contributed by atoms with van der Waals surface area (Å²) in [5.41, 5.74) is 0. The molecule has 0 radical (unpaired) electrons. The lowest BCUT2D eigenvalue weighted by Crippen LogP contribution is -2.45. The minimum Gasteiger partial charge on any atom is -0.377 e. The number of carbonyl (C=O) groups excluding carboxylic acids is 2. The number of hydrogen-bond donors (Lipinski definition) is 1. The summed E-state index contributed by atoms with van der Waals surface area (Å²) in [5.74, 6) is -0.128. The van der Waals surface area contributed by atoms with Crippen molar-refractivity contribution >= 4 is 11.8 Å². The first kappa shape index (κ1) is 14.5. The zero-order valence-corrected chi connectivity index (χ0v) is 11.9.